The Morgan fingerprint density at radius 2 is 1.58 bits per heavy atom. The molecular weight excluding hydrogens is 434 g/mol. The van der Waals surface area contributed by atoms with Crippen LogP contribution in [0.25, 0.3) is 10.9 Å². The molecule has 0 fully saturated rings. The summed E-state index contributed by atoms with van der Waals surface area (Å²) in [5.74, 6) is -1.01. The van der Waals surface area contributed by atoms with Crippen molar-refractivity contribution in [3.8, 4) is 0 Å². The average Bonchev–Trinajstić information content (AvgIpc) is 3.11. The standard InChI is InChI=1S/C24H20ClNO4S/c1-2-16-5-10-22(11-6-16)31(29,30)26-21(15-19-14-20(25)9-12-23(19)26)13-17-3-7-18(8-4-17)24(27)28/h3-12,14-15H,2,13H2,1H3,(H,27,28). The number of aromatic carboxylic acids is 1. The molecule has 0 saturated carbocycles. The number of benzene rings is 3. The molecule has 0 aliphatic carbocycles. The third-order valence-electron chi connectivity index (χ3n) is 5.25. The molecule has 0 aliphatic heterocycles. The van der Waals surface area contributed by atoms with Gasteiger partial charge in [-0.3, -0.25) is 0 Å². The number of nitrogens with zero attached hydrogens (tertiary/aromatic N) is 1. The zero-order valence-corrected chi connectivity index (χ0v) is 18.3. The van der Waals surface area contributed by atoms with Crippen LogP contribution in [0.1, 0.15) is 34.1 Å². The van der Waals surface area contributed by atoms with Crippen LogP contribution in [0.4, 0.5) is 0 Å². The summed E-state index contributed by atoms with van der Waals surface area (Å²) in [5.41, 5.74) is 3.15. The largest absolute Gasteiger partial charge is 0.478 e. The van der Waals surface area contributed by atoms with Crippen molar-refractivity contribution in [2.24, 2.45) is 0 Å². The van der Waals surface area contributed by atoms with Gasteiger partial charge in [-0.1, -0.05) is 42.8 Å². The number of carbonyl (C=O) groups is 1. The average molecular weight is 454 g/mol. The first-order chi connectivity index (χ1) is 14.8. The first kappa shape index (κ1) is 21.2. The summed E-state index contributed by atoms with van der Waals surface area (Å²) in [6, 6.07) is 20.2. The zero-order valence-electron chi connectivity index (χ0n) is 16.7. The molecule has 0 unspecified atom stereocenters. The lowest BCUT2D eigenvalue weighted by molar-refractivity contribution is 0.0697. The van der Waals surface area contributed by atoms with Crippen molar-refractivity contribution in [3.63, 3.8) is 0 Å². The molecule has 0 amide bonds. The number of halogens is 1. The minimum absolute atomic E-state index is 0.180. The first-order valence-electron chi connectivity index (χ1n) is 9.76. The first-order valence-corrected chi connectivity index (χ1v) is 11.6. The van der Waals surface area contributed by atoms with Crippen LogP contribution in [0.15, 0.2) is 77.7 Å². The highest BCUT2D eigenvalue weighted by Gasteiger charge is 2.23. The topological polar surface area (TPSA) is 76.4 Å². The highest BCUT2D eigenvalue weighted by molar-refractivity contribution is 7.90. The van der Waals surface area contributed by atoms with Gasteiger partial charge in [0.25, 0.3) is 10.0 Å². The molecular formula is C24H20ClNO4S. The van der Waals surface area contributed by atoms with Gasteiger partial charge in [-0.25, -0.2) is 17.2 Å². The number of carboxylic acid groups (broad SMARTS) is 1. The molecule has 0 bridgehead atoms. The maximum Gasteiger partial charge on any atom is 0.335 e. The van der Waals surface area contributed by atoms with Gasteiger partial charge in [0.15, 0.2) is 0 Å². The van der Waals surface area contributed by atoms with Crippen LogP contribution < -0.4 is 0 Å². The number of rotatable bonds is 6. The lowest BCUT2D eigenvalue weighted by Crippen LogP contribution is -2.16. The minimum Gasteiger partial charge on any atom is -0.478 e. The maximum atomic E-state index is 13.6. The van der Waals surface area contributed by atoms with Crippen LogP contribution in [-0.4, -0.2) is 23.5 Å². The molecule has 0 aliphatic rings. The van der Waals surface area contributed by atoms with Crippen molar-refractivity contribution >= 4 is 38.5 Å². The molecule has 158 valence electrons. The molecule has 1 N–H and O–H groups in total. The fourth-order valence-electron chi connectivity index (χ4n) is 3.60. The summed E-state index contributed by atoms with van der Waals surface area (Å²) >= 11 is 6.14. The van der Waals surface area contributed by atoms with E-state index in [1.165, 1.54) is 16.1 Å². The predicted molar refractivity (Wildman–Crippen MR) is 122 cm³/mol. The van der Waals surface area contributed by atoms with Crippen LogP contribution in [0.3, 0.4) is 0 Å². The Bertz CT molecular complexity index is 1370. The Kier molecular flexibility index (Phi) is 5.60. The lowest BCUT2D eigenvalue weighted by atomic mass is 10.1. The SMILES string of the molecule is CCc1ccc(S(=O)(=O)n2c(Cc3ccc(C(=O)O)cc3)cc3cc(Cl)ccc32)cc1. The molecule has 0 atom stereocenters. The van der Waals surface area contributed by atoms with E-state index in [2.05, 4.69) is 0 Å². The molecule has 4 rings (SSSR count). The van der Waals surface area contributed by atoms with E-state index in [1.807, 2.05) is 25.1 Å². The number of aromatic nitrogens is 1. The molecule has 3 aromatic carbocycles. The van der Waals surface area contributed by atoms with Crippen molar-refractivity contribution in [3.05, 3.63) is 100 Å². The van der Waals surface area contributed by atoms with Gasteiger partial charge < -0.3 is 5.11 Å². The minimum atomic E-state index is -3.85. The second kappa shape index (κ2) is 8.21. The van der Waals surface area contributed by atoms with E-state index in [0.29, 0.717) is 22.7 Å². The van der Waals surface area contributed by atoms with Gasteiger partial charge in [-0.2, -0.15) is 0 Å². The van der Waals surface area contributed by atoms with E-state index in [-0.39, 0.29) is 10.5 Å². The van der Waals surface area contributed by atoms with Crippen molar-refractivity contribution in [2.75, 3.05) is 0 Å². The van der Waals surface area contributed by atoms with Gasteiger partial charge in [0.05, 0.1) is 16.0 Å². The van der Waals surface area contributed by atoms with E-state index in [1.54, 1.807) is 42.5 Å². The number of hydrogen-bond donors (Lipinski definition) is 1. The number of carboxylic acids is 1. The molecule has 4 aromatic rings. The van der Waals surface area contributed by atoms with E-state index >= 15 is 0 Å². The summed E-state index contributed by atoms with van der Waals surface area (Å²) < 4.78 is 28.6. The Morgan fingerprint density at radius 1 is 0.935 bits per heavy atom. The van der Waals surface area contributed by atoms with Crippen molar-refractivity contribution in [2.45, 2.75) is 24.7 Å². The molecule has 1 heterocycles. The van der Waals surface area contributed by atoms with Gasteiger partial charge in [-0.15, -0.1) is 0 Å². The fourth-order valence-corrected chi connectivity index (χ4v) is 5.32. The molecule has 7 heteroatoms. The van der Waals surface area contributed by atoms with Gasteiger partial charge in [-0.05, 0) is 66.1 Å². The number of aryl methyl sites for hydroxylation is 1. The summed E-state index contributed by atoms with van der Waals surface area (Å²) in [5, 5.41) is 10.3. The van der Waals surface area contributed by atoms with Crippen LogP contribution in [0.2, 0.25) is 5.02 Å². The second-order valence-corrected chi connectivity index (χ2v) is 9.51. The summed E-state index contributed by atoms with van der Waals surface area (Å²) in [7, 11) is -3.85. The number of fused-ring (bicyclic) bond motifs is 1. The zero-order chi connectivity index (χ0) is 22.2. The Labute approximate surface area is 185 Å². The van der Waals surface area contributed by atoms with E-state index in [9.17, 15) is 13.2 Å². The van der Waals surface area contributed by atoms with E-state index in [4.69, 9.17) is 16.7 Å². The lowest BCUT2D eigenvalue weighted by Gasteiger charge is -2.13. The van der Waals surface area contributed by atoms with Crippen molar-refractivity contribution in [1.82, 2.24) is 3.97 Å². The Morgan fingerprint density at radius 3 is 2.19 bits per heavy atom. The second-order valence-electron chi connectivity index (χ2n) is 7.28. The summed E-state index contributed by atoms with van der Waals surface area (Å²) in [6.07, 6.45) is 1.14. The van der Waals surface area contributed by atoms with E-state index in [0.717, 1.165) is 22.9 Å². The quantitative estimate of drug-likeness (QED) is 0.425. The van der Waals surface area contributed by atoms with Crippen LogP contribution in [0.5, 0.6) is 0 Å². The van der Waals surface area contributed by atoms with Gasteiger partial charge >= 0.3 is 5.97 Å². The van der Waals surface area contributed by atoms with Crippen LogP contribution in [0, 0.1) is 0 Å². The maximum absolute atomic E-state index is 13.6. The van der Waals surface area contributed by atoms with Gasteiger partial charge in [0.2, 0.25) is 0 Å². The smallest absolute Gasteiger partial charge is 0.335 e. The summed E-state index contributed by atoms with van der Waals surface area (Å²) in [6.45, 7) is 2.01. The van der Waals surface area contributed by atoms with Crippen molar-refractivity contribution < 1.29 is 18.3 Å². The Hall–Kier alpha value is -3.09. The van der Waals surface area contributed by atoms with Crippen LogP contribution in [-0.2, 0) is 22.9 Å². The Balaban J connectivity index is 1.85. The van der Waals surface area contributed by atoms with Crippen molar-refractivity contribution in [1.29, 1.82) is 0 Å². The monoisotopic (exact) mass is 453 g/mol. The molecule has 31 heavy (non-hydrogen) atoms. The van der Waals surface area contributed by atoms with E-state index < -0.39 is 16.0 Å². The normalized spacial score (nSPS) is 11.7. The van der Waals surface area contributed by atoms with Gasteiger partial charge in [0, 0.05) is 22.5 Å². The highest BCUT2D eigenvalue weighted by atomic mass is 35.5. The molecule has 0 radical (unpaired) electrons. The molecule has 1 aromatic heterocycles. The molecule has 0 saturated heterocycles. The molecule has 0 spiro atoms. The fraction of sp³-hybridized carbons (Fsp3) is 0.125. The molecule has 5 nitrogen and oxygen atoms in total. The van der Waals surface area contributed by atoms with Gasteiger partial charge in [0.1, 0.15) is 0 Å². The van der Waals surface area contributed by atoms with Crippen LogP contribution >= 0.6 is 11.6 Å². The third-order valence-corrected chi connectivity index (χ3v) is 7.26. The summed E-state index contributed by atoms with van der Waals surface area (Å²) in [4.78, 5) is 11.3. The third kappa shape index (κ3) is 4.09. The highest BCUT2D eigenvalue weighted by Crippen LogP contribution is 2.29. The predicted octanol–water partition coefficient (Wildman–Crippen LogP) is 5.38. The number of hydrogen-bond acceptors (Lipinski definition) is 3.